The van der Waals surface area contributed by atoms with E-state index in [9.17, 15) is 4.79 Å². The molecule has 0 bridgehead atoms. The average molecular weight is 353 g/mol. The van der Waals surface area contributed by atoms with E-state index >= 15 is 0 Å². The standard InChI is InChI=1S/C15H32NO4PS/c1-12(2)15(17)22-11-10-19-8-9-20-21(18-7)16(13(3)4)14(5)6/h12-14H,8-11H2,1-7H3. The topological polar surface area (TPSA) is 48.0 Å². The van der Waals surface area contributed by atoms with Gasteiger partial charge in [-0.1, -0.05) is 25.6 Å². The fourth-order valence-electron chi connectivity index (χ4n) is 1.83. The molecule has 7 heteroatoms. The summed E-state index contributed by atoms with van der Waals surface area (Å²) in [5.41, 5.74) is 0. The third-order valence-corrected chi connectivity index (χ3v) is 5.92. The predicted molar refractivity (Wildman–Crippen MR) is 95.1 cm³/mol. The van der Waals surface area contributed by atoms with Crippen molar-refractivity contribution in [2.75, 3.05) is 32.7 Å². The van der Waals surface area contributed by atoms with E-state index in [2.05, 4.69) is 32.4 Å². The predicted octanol–water partition coefficient (Wildman–Crippen LogP) is 3.93. The van der Waals surface area contributed by atoms with Crippen LogP contribution in [0.3, 0.4) is 0 Å². The first-order valence-corrected chi connectivity index (χ1v) is 9.92. The molecular formula is C15H32NO4PS. The molecule has 0 aromatic carbocycles. The summed E-state index contributed by atoms with van der Waals surface area (Å²) in [6.07, 6.45) is 0. The summed E-state index contributed by atoms with van der Waals surface area (Å²) in [5, 5.41) is 0.215. The summed E-state index contributed by atoms with van der Waals surface area (Å²) < 4.78 is 19.0. The highest BCUT2D eigenvalue weighted by atomic mass is 32.2. The number of rotatable bonds is 12. The maximum Gasteiger partial charge on any atom is 0.259 e. The Morgan fingerprint density at radius 2 is 1.64 bits per heavy atom. The molecule has 132 valence electrons. The first-order chi connectivity index (χ1) is 10.3. The Morgan fingerprint density at radius 1 is 1.05 bits per heavy atom. The molecule has 0 aromatic heterocycles. The molecule has 0 aromatic rings. The van der Waals surface area contributed by atoms with Gasteiger partial charge in [0.15, 0.2) is 5.12 Å². The lowest BCUT2D eigenvalue weighted by molar-refractivity contribution is -0.113. The van der Waals surface area contributed by atoms with Crippen LogP contribution in [0.1, 0.15) is 41.5 Å². The van der Waals surface area contributed by atoms with E-state index in [-0.39, 0.29) is 11.0 Å². The Morgan fingerprint density at radius 3 is 2.09 bits per heavy atom. The van der Waals surface area contributed by atoms with Gasteiger partial charge in [-0.25, -0.2) is 4.67 Å². The second-order valence-corrected chi connectivity index (χ2v) is 8.42. The maximum atomic E-state index is 11.4. The number of hydrogen-bond donors (Lipinski definition) is 0. The second kappa shape index (κ2) is 12.7. The maximum absolute atomic E-state index is 11.4. The average Bonchev–Trinajstić information content (AvgIpc) is 2.43. The third-order valence-electron chi connectivity index (χ3n) is 2.78. The first kappa shape index (κ1) is 22.3. The van der Waals surface area contributed by atoms with Crippen molar-refractivity contribution in [2.45, 2.75) is 53.6 Å². The van der Waals surface area contributed by atoms with E-state index in [1.165, 1.54) is 11.8 Å². The van der Waals surface area contributed by atoms with Gasteiger partial charge in [-0.15, -0.1) is 0 Å². The quantitative estimate of drug-likeness (QED) is 0.391. The van der Waals surface area contributed by atoms with Gasteiger partial charge in [-0.05, 0) is 27.7 Å². The van der Waals surface area contributed by atoms with Crippen LogP contribution in [0.4, 0.5) is 0 Å². The van der Waals surface area contributed by atoms with Crippen molar-refractivity contribution in [3.8, 4) is 0 Å². The SMILES string of the molecule is COP(OCCOCCSC(=O)C(C)C)N(C(C)C)C(C)C. The zero-order valence-corrected chi connectivity index (χ0v) is 16.7. The smallest absolute Gasteiger partial charge is 0.259 e. The lowest BCUT2D eigenvalue weighted by atomic mass is 10.3. The molecule has 0 aliphatic heterocycles. The lowest BCUT2D eigenvalue weighted by Crippen LogP contribution is -2.33. The van der Waals surface area contributed by atoms with Crippen molar-refractivity contribution in [3.05, 3.63) is 0 Å². The lowest BCUT2D eigenvalue weighted by Gasteiger charge is -2.34. The van der Waals surface area contributed by atoms with Crippen LogP contribution in [0, 0.1) is 5.92 Å². The van der Waals surface area contributed by atoms with Crippen molar-refractivity contribution < 1.29 is 18.6 Å². The molecule has 0 rings (SSSR count). The molecule has 1 atom stereocenters. The molecule has 0 radical (unpaired) electrons. The van der Waals surface area contributed by atoms with Crippen LogP contribution in [-0.2, 0) is 18.6 Å². The number of thioether (sulfide) groups is 1. The van der Waals surface area contributed by atoms with Crippen molar-refractivity contribution in [1.82, 2.24) is 4.67 Å². The third kappa shape index (κ3) is 9.43. The van der Waals surface area contributed by atoms with Gasteiger partial charge in [0.05, 0.1) is 19.8 Å². The van der Waals surface area contributed by atoms with Crippen molar-refractivity contribution in [2.24, 2.45) is 5.92 Å². The van der Waals surface area contributed by atoms with Crippen LogP contribution in [0.2, 0.25) is 0 Å². The highest BCUT2D eigenvalue weighted by Crippen LogP contribution is 2.44. The van der Waals surface area contributed by atoms with Crippen LogP contribution >= 0.6 is 20.3 Å². The van der Waals surface area contributed by atoms with Gasteiger partial charge in [0.2, 0.25) is 0 Å². The molecule has 0 amide bonds. The second-order valence-electron chi connectivity index (χ2n) is 5.76. The summed E-state index contributed by atoms with van der Waals surface area (Å²) >= 11 is 1.33. The monoisotopic (exact) mass is 353 g/mol. The zero-order chi connectivity index (χ0) is 17.1. The minimum atomic E-state index is -1.05. The molecule has 0 aliphatic rings. The van der Waals surface area contributed by atoms with Crippen LogP contribution in [0.25, 0.3) is 0 Å². The van der Waals surface area contributed by atoms with Crippen LogP contribution < -0.4 is 0 Å². The Bertz CT molecular complexity index is 295. The van der Waals surface area contributed by atoms with Crippen molar-refractivity contribution >= 4 is 25.4 Å². The van der Waals surface area contributed by atoms with Gasteiger partial charge in [-0.3, -0.25) is 4.79 Å². The Labute approximate surface area is 141 Å². The number of nitrogens with zero attached hydrogens (tertiary/aromatic N) is 1. The molecular weight excluding hydrogens is 321 g/mol. The summed E-state index contributed by atoms with van der Waals surface area (Å²) in [7, 11) is 0.629. The summed E-state index contributed by atoms with van der Waals surface area (Å²) in [6.45, 7) is 13.9. The summed E-state index contributed by atoms with van der Waals surface area (Å²) in [6, 6.07) is 0.732. The van der Waals surface area contributed by atoms with E-state index in [0.717, 1.165) is 0 Å². The molecule has 5 nitrogen and oxygen atoms in total. The molecule has 0 aliphatic carbocycles. The number of hydrogen-bond acceptors (Lipinski definition) is 6. The number of ether oxygens (including phenoxy) is 1. The van der Waals surface area contributed by atoms with Gasteiger partial charge in [-0.2, -0.15) is 0 Å². The van der Waals surface area contributed by atoms with Gasteiger partial charge >= 0.3 is 0 Å². The van der Waals surface area contributed by atoms with Crippen molar-refractivity contribution in [1.29, 1.82) is 0 Å². The summed E-state index contributed by atoms with van der Waals surface area (Å²) in [4.78, 5) is 11.4. The molecule has 0 saturated carbocycles. The molecule has 0 N–H and O–H groups in total. The van der Waals surface area contributed by atoms with Crippen molar-refractivity contribution in [3.63, 3.8) is 0 Å². The fourth-order valence-corrected chi connectivity index (χ4v) is 3.98. The molecule has 0 fully saturated rings. The molecule has 0 spiro atoms. The Hall–Kier alpha value is 0.290. The van der Waals surface area contributed by atoms with Crippen LogP contribution in [0.5, 0.6) is 0 Å². The fraction of sp³-hybridized carbons (Fsp3) is 0.933. The largest absolute Gasteiger partial charge is 0.378 e. The van der Waals surface area contributed by atoms with Gasteiger partial charge in [0.1, 0.15) is 0 Å². The highest BCUT2D eigenvalue weighted by molar-refractivity contribution is 8.13. The number of carbonyl (C=O) groups is 1. The van der Waals surface area contributed by atoms with Gasteiger partial charge in [0.25, 0.3) is 8.53 Å². The summed E-state index contributed by atoms with van der Waals surface area (Å²) in [5.74, 6) is 0.775. The van der Waals surface area contributed by atoms with E-state index < -0.39 is 8.53 Å². The van der Waals surface area contributed by atoms with Crippen LogP contribution in [0.15, 0.2) is 0 Å². The van der Waals surface area contributed by atoms with Crippen LogP contribution in [-0.4, -0.2) is 54.6 Å². The van der Waals surface area contributed by atoms with E-state index in [4.69, 9.17) is 13.8 Å². The van der Waals surface area contributed by atoms with Gasteiger partial charge in [0, 0.05) is 30.9 Å². The van der Waals surface area contributed by atoms with Gasteiger partial charge < -0.3 is 13.8 Å². The minimum absolute atomic E-state index is 0.0802. The highest BCUT2D eigenvalue weighted by Gasteiger charge is 2.25. The normalized spacial score (nSPS) is 13.6. The molecule has 0 saturated heterocycles. The Kier molecular flexibility index (Phi) is 12.8. The molecule has 22 heavy (non-hydrogen) atoms. The van der Waals surface area contributed by atoms with E-state index in [1.54, 1.807) is 7.11 Å². The van der Waals surface area contributed by atoms with E-state index in [0.29, 0.717) is 37.7 Å². The molecule has 0 heterocycles. The van der Waals surface area contributed by atoms with E-state index in [1.807, 2.05) is 13.8 Å². The molecule has 1 unspecified atom stereocenters. The zero-order valence-electron chi connectivity index (χ0n) is 15.0. The Balaban J connectivity index is 3.86. The minimum Gasteiger partial charge on any atom is -0.378 e. The first-order valence-electron chi connectivity index (χ1n) is 7.81. The number of carbonyl (C=O) groups excluding carboxylic acids is 1.